The van der Waals surface area contributed by atoms with Gasteiger partial charge in [0.1, 0.15) is 0 Å². The van der Waals surface area contributed by atoms with Gasteiger partial charge in [0.25, 0.3) is 5.56 Å². The molecule has 9 aromatic carbocycles. The fourth-order valence-electron chi connectivity index (χ4n) is 10.0. The maximum absolute atomic E-state index is 14.4. The SMILES string of the molecule is O=c1c2ccc(-c3ccccc3)cc2c2cccc3c4cc(-c5cccc(-n6c7ccccc7c7c6ccc6c8ccccc8n(-c8ccccc8)c67)c5)ccc4n1c23. The maximum Gasteiger partial charge on any atom is 0.263 e. The zero-order valence-corrected chi connectivity index (χ0v) is 31.8. The van der Waals surface area contributed by atoms with Crippen molar-refractivity contribution in [3.05, 3.63) is 211 Å². The topological polar surface area (TPSA) is 31.3 Å². The molecule has 0 bridgehead atoms. The van der Waals surface area contributed by atoms with E-state index in [9.17, 15) is 4.79 Å². The van der Waals surface area contributed by atoms with Gasteiger partial charge in [-0.15, -0.1) is 0 Å². The molecule has 59 heavy (non-hydrogen) atoms. The molecule has 0 saturated heterocycles. The van der Waals surface area contributed by atoms with E-state index in [1.807, 2.05) is 16.5 Å². The van der Waals surface area contributed by atoms with Gasteiger partial charge in [-0.1, -0.05) is 133 Å². The normalized spacial score (nSPS) is 12.1. The van der Waals surface area contributed by atoms with Gasteiger partial charge in [-0.3, -0.25) is 9.20 Å². The second-order valence-corrected chi connectivity index (χ2v) is 15.6. The van der Waals surface area contributed by atoms with E-state index in [0.717, 1.165) is 82.6 Å². The Morgan fingerprint density at radius 3 is 1.66 bits per heavy atom. The minimum absolute atomic E-state index is 0.0137. The lowest BCUT2D eigenvalue weighted by Crippen LogP contribution is -2.12. The van der Waals surface area contributed by atoms with Crippen LogP contribution in [0.3, 0.4) is 0 Å². The first kappa shape index (κ1) is 32.2. The summed E-state index contributed by atoms with van der Waals surface area (Å²) in [4.78, 5) is 14.4. The Balaban J connectivity index is 1.02. The monoisotopic (exact) mass is 751 g/mol. The Morgan fingerprint density at radius 1 is 0.288 bits per heavy atom. The maximum atomic E-state index is 14.4. The second-order valence-electron chi connectivity index (χ2n) is 15.6. The third-order valence-electron chi connectivity index (χ3n) is 12.6. The molecule has 4 heteroatoms. The lowest BCUT2D eigenvalue weighted by molar-refractivity contribution is 1.17. The van der Waals surface area contributed by atoms with Gasteiger partial charge in [0.2, 0.25) is 0 Å². The van der Waals surface area contributed by atoms with Crippen LogP contribution in [0.4, 0.5) is 0 Å². The third kappa shape index (κ3) is 4.46. The van der Waals surface area contributed by atoms with Gasteiger partial charge in [0.15, 0.2) is 0 Å². The van der Waals surface area contributed by atoms with Crippen molar-refractivity contribution in [3.63, 3.8) is 0 Å². The van der Waals surface area contributed by atoms with Crippen molar-refractivity contribution in [2.75, 3.05) is 0 Å². The second kappa shape index (κ2) is 12.0. The molecule has 4 heterocycles. The van der Waals surface area contributed by atoms with Crippen LogP contribution in [0.15, 0.2) is 205 Å². The molecule has 4 aromatic heterocycles. The zero-order chi connectivity index (χ0) is 38.8. The number of hydrogen-bond acceptors (Lipinski definition) is 1. The predicted octanol–water partition coefficient (Wildman–Crippen LogP) is 13.7. The Labute approximate surface area is 338 Å². The lowest BCUT2D eigenvalue weighted by Gasteiger charge is -2.11. The van der Waals surface area contributed by atoms with E-state index in [-0.39, 0.29) is 5.56 Å². The summed E-state index contributed by atoms with van der Waals surface area (Å²) in [7, 11) is 0. The van der Waals surface area contributed by atoms with Gasteiger partial charge < -0.3 is 9.13 Å². The molecule has 0 fully saturated rings. The smallest absolute Gasteiger partial charge is 0.263 e. The number of aromatic nitrogens is 3. The molecule has 0 saturated carbocycles. The van der Waals surface area contributed by atoms with Gasteiger partial charge in [-0.05, 0) is 94.4 Å². The third-order valence-corrected chi connectivity index (χ3v) is 12.6. The highest BCUT2D eigenvalue weighted by Crippen LogP contribution is 2.43. The van der Waals surface area contributed by atoms with Crippen LogP contribution in [0.25, 0.3) is 115 Å². The first-order valence-corrected chi connectivity index (χ1v) is 20.1. The Morgan fingerprint density at radius 2 is 0.831 bits per heavy atom. The molecule has 0 spiro atoms. The lowest BCUT2D eigenvalue weighted by atomic mass is 9.98. The summed E-state index contributed by atoms with van der Waals surface area (Å²) in [5, 5.41) is 9.89. The fourth-order valence-corrected chi connectivity index (χ4v) is 10.0. The van der Waals surface area contributed by atoms with E-state index in [2.05, 4.69) is 197 Å². The van der Waals surface area contributed by atoms with E-state index in [0.29, 0.717) is 0 Å². The molecule has 13 rings (SSSR count). The van der Waals surface area contributed by atoms with Crippen LogP contribution in [-0.2, 0) is 0 Å². The molecule has 13 aromatic rings. The van der Waals surface area contributed by atoms with Crippen molar-refractivity contribution in [3.8, 4) is 33.6 Å². The summed E-state index contributed by atoms with van der Waals surface area (Å²) in [6.45, 7) is 0. The molecule has 0 aliphatic carbocycles. The van der Waals surface area contributed by atoms with E-state index < -0.39 is 0 Å². The van der Waals surface area contributed by atoms with Gasteiger partial charge in [0.05, 0.1) is 33.1 Å². The minimum Gasteiger partial charge on any atom is -0.309 e. The average molecular weight is 752 g/mol. The highest BCUT2D eigenvalue weighted by molar-refractivity contribution is 6.26. The summed E-state index contributed by atoms with van der Waals surface area (Å²) in [5.74, 6) is 0. The Kier molecular flexibility index (Phi) is 6.56. The quantitative estimate of drug-likeness (QED) is 0.165. The van der Waals surface area contributed by atoms with Crippen molar-refractivity contribution in [2.24, 2.45) is 0 Å². The van der Waals surface area contributed by atoms with E-state index in [1.54, 1.807) is 0 Å². The molecule has 0 atom stereocenters. The largest absolute Gasteiger partial charge is 0.309 e. The Bertz CT molecular complexity index is 3910. The minimum atomic E-state index is 0.0137. The van der Waals surface area contributed by atoms with Crippen LogP contribution < -0.4 is 5.56 Å². The number of nitrogens with zero attached hydrogens (tertiary/aromatic N) is 3. The highest BCUT2D eigenvalue weighted by atomic mass is 16.1. The van der Waals surface area contributed by atoms with Crippen LogP contribution in [0.1, 0.15) is 0 Å². The van der Waals surface area contributed by atoms with Gasteiger partial charge in [-0.25, -0.2) is 0 Å². The van der Waals surface area contributed by atoms with Crippen LogP contribution in [0.5, 0.6) is 0 Å². The van der Waals surface area contributed by atoms with Gasteiger partial charge in [-0.2, -0.15) is 0 Å². The van der Waals surface area contributed by atoms with Crippen molar-refractivity contribution in [1.29, 1.82) is 0 Å². The van der Waals surface area contributed by atoms with Crippen LogP contribution in [0, 0.1) is 0 Å². The van der Waals surface area contributed by atoms with E-state index in [1.165, 1.54) is 32.6 Å². The molecule has 0 unspecified atom stereocenters. The fraction of sp³-hybridized carbons (Fsp3) is 0. The van der Waals surface area contributed by atoms with Crippen molar-refractivity contribution >= 4 is 81.6 Å². The summed E-state index contributed by atoms with van der Waals surface area (Å²) < 4.78 is 6.78. The molecule has 0 radical (unpaired) electrons. The van der Waals surface area contributed by atoms with Crippen LogP contribution in [-0.4, -0.2) is 13.5 Å². The van der Waals surface area contributed by atoms with E-state index in [4.69, 9.17) is 0 Å². The van der Waals surface area contributed by atoms with Crippen LogP contribution >= 0.6 is 0 Å². The molecular weight excluding hydrogens is 719 g/mol. The number of pyridine rings is 1. The first-order valence-electron chi connectivity index (χ1n) is 20.1. The Hall–Kier alpha value is -7.95. The number of para-hydroxylation sites is 4. The molecule has 0 N–H and O–H groups in total. The molecule has 4 nitrogen and oxygen atoms in total. The predicted molar refractivity (Wildman–Crippen MR) is 247 cm³/mol. The zero-order valence-electron chi connectivity index (χ0n) is 31.8. The van der Waals surface area contributed by atoms with Crippen molar-refractivity contribution in [2.45, 2.75) is 0 Å². The average Bonchev–Trinajstić information content (AvgIpc) is 3.95. The summed E-state index contributed by atoms with van der Waals surface area (Å²) >= 11 is 0. The summed E-state index contributed by atoms with van der Waals surface area (Å²) in [6, 6.07) is 71.3. The standard InChI is InChI=1S/C55H33N3O/c59-55-44-27-25-36(34-13-3-1-4-14-34)32-46(44)41-21-12-22-42-47-33-37(26-29-50(47)58(55)53(41)42)35-15-11-18-39(31-35)56-49-24-10-8-20-45(49)52-51(56)30-28-43-40-19-7-9-23-48(40)57(54(43)52)38-16-5-2-6-17-38/h1-33H. The first-order chi connectivity index (χ1) is 29.2. The molecule has 0 aliphatic rings. The molecular formula is C55H33N3O. The van der Waals surface area contributed by atoms with Crippen molar-refractivity contribution < 1.29 is 0 Å². The summed E-state index contributed by atoms with van der Waals surface area (Å²) in [5.41, 5.74) is 13.3. The molecule has 274 valence electrons. The van der Waals surface area contributed by atoms with Gasteiger partial charge in [0, 0.05) is 54.5 Å². The van der Waals surface area contributed by atoms with Crippen molar-refractivity contribution in [1.82, 2.24) is 13.5 Å². The molecule has 0 amide bonds. The number of fused-ring (bicyclic) bond motifs is 12. The highest BCUT2D eigenvalue weighted by Gasteiger charge is 2.22. The number of benzene rings is 9. The summed E-state index contributed by atoms with van der Waals surface area (Å²) in [6.07, 6.45) is 0. The molecule has 0 aliphatic heterocycles. The number of hydrogen-bond donors (Lipinski definition) is 0. The number of rotatable bonds is 4. The van der Waals surface area contributed by atoms with Crippen LogP contribution in [0.2, 0.25) is 0 Å². The van der Waals surface area contributed by atoms with E-state index >= 15 is 0 Å². The van der Waals surface area contributed by atoms with Gasteiger partial charge >= 0.3 is 0 Å².